The molecule has 1 aromatic carbocycles. The maximum Gasteiger partial charge on any atom is 0.325 e. The van der Waals surface area contributed by atoms with Gasteiger partial charge < -0.3 is 20.5 Å². The Bertz CT molecular complexity index is 703. The first-order valence-corrected chi connectivity index (χ1v) is 9.45. The molecule has 2 aliphatic rings. The highest BCUT2D eigenvalue weighted by Crippen LogP contribution is 2.33. The van der Waals surface area contributed by atoms with Crippen LogP contribution >= 0.6 is 11.8 Å². The number of β-amino-alcohol motifs (C(OH)–C–C–N with tert-alkyl or cyclic N) is 1. The number of ether oxygens (including phenoxy) is 1. The van der Waals surface area contributed by atoms with Crippen LogP contribution in [-0.2, 0) is 9.59 Å². The number of hydrogen-bond acceptors (Lipinski definition) is 6. The molecule has 0 aliphatic carbocycles. The summed E-state index contributed by atoms with van der Waals surface area (Å²) in [6, 6.07) is 6.23. The van der Waals surface area contributed by atoms with Crippen LogP contribution in [0.3, 0.4) is 0 Å². The number of nitrogens with one attached hydrogen (secondary N) is 2. The molecule has 2 heterocycles. The second-order valence-corrected chi connectivity index (χ2v) is 7.51. The Morgan fingerprint density at radius 2 is 2.15 bits per heavy atom. The van der Waals surface area contributed by atoms with Crippen LogP contribution < -0.4 is 15.4 Å². The average Bonchev–Trinajstić information content (AvgIpc) is 3.15. The van der Waals surface area contributed by atoms with Crippen molar-refractivity contribution in [3.63, 3.8) is 0 Å². The SMILES string of the molecule is CC(=O)Nc1ccc(OC[C@H](O)CN2C(=O)N[C@]3(CCSC3)C2=O)cc1. The van der Waals surface area contributed by atoms with Crippen LogP contribution in [0.2, 0.25) is 0 Å². The minimum Gasteiger partial charge on any atom is -0.491 e. The third-order valence-electron chi connectivity index (χ3n) is 4.28. The first-order valence-electron chi connectivity index (χ1n) is 8.30. The van der Waals surface area contributed by atoms with Crippen molar-refractivity contribution < 1.29 is 24.2 Å². The predicted molar refractivity (Wildman–Crippen MR) is 97.2 cm³/mol. The molecule has 2 saturated heterocycles. The molecule has 1 spiro atoms. The van der Waals surface area contributed by atoms with Gasteiger partial charge in [-0.05, 0) is 36.4 Å². The van der Waals surface area contributed by atoms with Crippen molar-refractivity contribution in [2.24, 2.45) is 0 Å². The van der Waals surface area contributed by atoms with Crippen molar-refractivity contribution in [1.82, 2.24) is 10.2 Å². The zero-order valence-corrected chi connectivity index (χ0v) is 15.2. The predicted octanol–water partition coefficient (Wildman–Crippen LogP) is 0.812. The maximum absolute atomic E-state index is 12.5. The normalized spacial score (nSPS) is 23.2. The van der Waals surface area contributed by atoms with E-state index in [1.807, 2.05) is 0 Å². The van der Waals surface area contributed by atoms with Crippen molar-refractivity contribution in [3.05, 3.63) is 24.3 Å². The van der Waals surface area contributed by atoms with Gasteiger partial charge in [0.1, 0.15) is 24.0 Å². The summed E-state index contributed by atoms with van der Waals surface area (Å²) in [4.78, 5) is 36.6. The number of benzene rings is 1. The smallest absolute Gasteiger partial charge is 0.325 e. The van der Waals surface area contributed by atoms with E-state index in [-0.39, 0.29) is 25.0 Å². The van der Waals surface area contributed by atoms with E-state index in [0.29, 0.717) is 23.6 Å². The van der Waals surface area contributed by atoms with Gasteiger partial charge in [-0.1, -0.05) is 0 Å². The summed E-state index contributed by atoms with van der Waals surface area (Å²) in [6.07, 6.45) is -0.379. The molecule has 2 aliphatic heterocycles. The molecule has 0 unspecified atom stereocenters. The Morgan fingerprint density at radius 1 is 1.42 bits per heavy atom. The molecule has 4 amide bonds. The topological polar surface area (TPSA) is 108 Å². The molecule has 3 rings (SSSR count). The maximum atomic E-state index is 12.5. The van der Waals surface area contributed by atoms with E-state index in [4.69, 9.17) is 4.74 Å². The number of rotatable bonds is 6. The molecule has 2 atom stereocenters. The standard InChI is InChI=1S/C17H21N3O5S/c1-11(21)18-12-2-4-14(5-3-12)25-9-13(22)8-20-15(23)17(19-16(20)24)6-7-26-10-17/h2-5,13,22H,6-10H2,1H3,(H,18,21)(H,19,24)/t13-,17+/m1/s1. The average molecular weight is 379 g/mol. The lowest BCUT2D eigenvalue weighted by Crippen LogP contribution is -2.47. The Morgan fingerprint density at radius 3 is 2.77 bits per heavy atom. The number of nitrogens with zero attached hydrogens (tertiary/aromatic N) is 1. The number of thioether (sulfide) groups is 1. The van der Waals surface area contributed by atoms with E-state index in [9.17, 15) is 19.5 Å². The highest BCUT2D eigenvalue weighted by molar-refractivity contribution is 7.99. The van der Waals surface area contributed by atoms with E-state index >= 15 is 0 Å². The van der Waals surface area contributed by atoms with Gasteiger partial charge in [0.15, 0.2) is 0 Å². The van der Waals surface area contributed by atoms with Gasteiger partial charge in [-0.2, -0.15) is 11.8 Å². The summed E-state index contributed by atoms with van der Waals surface area (Å²) >= 11 is 1.63. The Balaban J connectivity index is 1.51. The molecule has 0 bridgehead atoms. The highest BCUT2D eigenvalue weighted by Gasteiger charge is 2.53. The zero-order chi connectivity index (χ0) is 18.7. The number of carbonyl (C=O) groups is 3. The van der Waals surface area contributed by atoms with E-state index < -0.39 is 17.7 Å². The fraction of sp³-hybridized carbons (Fsp3) is 0.471. The van der Waals surface area contributed by atoms with Crippen LogP contribution in [0.1, 0.15) is 13.3 Å². The fourth-order valence-electron chi connectivity index (χ4n) is 2.97. The number of aliphatic hydroxyl groups excluding tert-OH is 1. The van der Waals surface area contributed by atoms with Gasteiger partial charge in [0, 0.05) is 18.4 Å². The number of hydrogen-bond donors (Lipinski definition) is 3. The third kappa shape index (κ3) is 3.94. The molecule has 9 heteroatoms. The molecule has 26 heavy (non-hydrogen) atoms. The molecular weight excluding hydrogens is 358 g/mol. The Labute approximate surface area is 155 Å². The van der Waals surface area contributed by atoms with Gasteiger partial charge in [0.2, 0.25) is 5.91 Å². The van der Waals surface area contributed by atoms with Crippen LogP contribution in [-0.4, -0.2) is 64.2 Å². The van der Waals surface area contributed by atoms with E-state index in [2.05, 4.69) is 10.6 Å². The van der Waals surface area contributed by atoms with E-state index in [0.717, 1.165) is 10.7 Å². The minimum absolute atomic E-state index is 0.0572. The zero-order valence-electron chi connectivity index (χ0n) is 14.4. The summed E-state index contributed by atoms with van der Waals surface area (Å²) in [6.45, 7) is 1.25. The van der Waals surface area contributed by atoms with Gasteiger partial charge in [0.05, 0.1) is 6.54 Å². The number of aliphatic hydroxyl groups is 1. The minimum atomic E-state index is -0.996. The molecular formula is C17H21N3O5S. The monoisotopic (exact) mass is 379 g/mol. The first-order chi connectivity index (χ1) is 12.4. The quantitative estimate of drug-likeness (QED) is 0.632. The van der Waals surface area contributed by atoms with E-state index in [1.54, 1.807) is 36.0 Å². The lowest BCUT2D eigenvalue weighted by molar-refractivity contribution is -0.131. The third-order valence-corrected chi connectivity index (χ3v) is 5.47. The van der Waals surface area contributed by atoms with Crippen LogP contribution in [0.25, 0.3) is 0 Å². The summed E-state index contributed by atoms with van der Waals surface area (Å²) in [5.41, 5.74) is -0.161. The first kappa shape index (κ1) is 18.5. The second kappa shape index (κ2) is 7.55. The van der Waals surface area contributed by atoms with Crippen molar-refractivity contribution in [1.29, 1.82) is 0 Å². The number of carbonyl (C=O) groups excluding carboxylic acids is 3. The molecule has 0 saturated carbocycles. The van der Waals surface area contributed by atoms with Crippen LogP contribution in [0.15, 0.2) is 24.3 Å². The Hall–Kier alpha value is -2.26. The number of urea groups is 1. The van der Waals surface area contributed by atoms with E-state index in [1.165, 1.54) is 6.92 Å². The van der Waals surface area contributed by atoms with Crippen LogP contribution in [0.4, 0.5) is 10.5 Å². The van der Waals surface area contributed by atoms with Crippen molar-refractivity contribution in [3.8, 4) is 5.75 Å². The van der Waals surface area contributed by atoms with Gasteiger partial charge >= 0.3 is 6.03 Å². The summed E-state index contributed by atoms with van der Waals surface area (Å²) in [5.74, 6) is 1.48. The lowest BCUT2D eigenvalue weighted by Gasteiger charge is -2.21. The highest BCUT2D eigenvalue weighted by atomic mass is 32.2. The van der Waals surface area contributed by atoms with Gasteiger partial charge in [-0.15, -0.1) is 0 Å². The molecule has 0 radical (unpaired) electrons. The number of amides is 4. The van der Waals surface area contributed by atoms with Crippen molar-refractivity contribution >= 4 is 35.3 Å². The van der Waals surface area contributed by atoms with Gasteiger partial charge in [0.25, 0.3) is 5.91 Å². The van der Waals surface area contributed by atoms with Gasteiger partial charge in [-0.25, -0.2) is 4.79 Å². The van der Waals surface area contributed by atoms with Gasteiger partial charge in [-0.3, -0.25) is 14.5 Å². The summed E-state index contributed by atoms with van der Waals surface area (Å²) in [5, 5.41) is 15.6. The number of imide groups is 1. The molecule has 8 nitrogen and oxygen atoms in total. The van der Waals surface area contributed by atoms with Crippen molar-refractivity contribution in [2.45, 2.75) is 25.0 Å². The second-order valence-electron chi connectivity index (χ2n) is 6.40. The molecule has 140 valence electrons. The fourth-order valence-corrected chi connectivity index (χ4v) is 4.29. The molecule has 1 aromatic rings. The molecule has 2 fully saturated rings. The summed E-state index contributed by atoms with van der Waals surface area (Å²) < 4.78 is 5.49. The summed E-state index contributed by atoms with van der Waals surface area (Å²) in [7, 11) is 0. The largest absolute Gasteiger partial charge is 0.491 e. The number of anilines is 1. The molecule has 3 N–H and O–H groups in total. The Kier molecular flexibility index (Phi) is 5.38. The van der Waals surface area contributed by atoms with Crippen molar-refractivity contribution in [2.75, 3.05) is 30.0 Å². The molecule has 0 aromatic heterocycles. The van der Waals surface area contributed by atoms with Crippen LogP contribution in [0.5, 0.6) is 5.75 Å². The lowest BCUT2D eigenvalue weighted by atomic mass is 9.99. The van der Waals surface area contributed by atoms with Crippen LogP contribution in [0, 0.1) is 0 Å².